The van der Waals surface area contributed by atoms with Crippen LogP contribution in [0, 0.1) is 6.92 Å². The van der Waals surface area contributed by atoms with E-state index in [1.54, 1.807) is 0 Å². The largest absolute Gasteiger partial charge is 0.418 e. The van der Waals surface area contributed by atoms with Crippen LogP contribution in [0.1, 0.15) is 11.1 Å². The Kier molecular flexibility index (Phi) is 2.43. The fraction of sp³-hybridized carbons (Fsp3) is 0.250. The Morgan fingerprint density at radius 2 is 1.85 bits per heavy atom. The summed E-state index contributed by atoms with van der Waals surface area (Å²) in [5.74, 6) is 0. The number of nitrogen functional groups attached to an aromatic ring is 1. The molecule has 0 aliphatic rings. The summed E-state index contributed by atoms with van der Waals surface area (Å²) in [5, 5.41) is -0.356. The number of nitrogens with two attached hydrogens (primary N) is 1. The highest BCUT2D eigenvalue weighted by Gasteiger charge is 2.34. The van der Waals surface area contributed by atoms with E-state index in [9.17, 15) is 13.2 Å². The number of aryl methyl sites for hydroxylation is 1. The van der Waals surface area contributed by atoms with Gasteiger partial charge < -0.3 is 5.73 Å². The van der Waals surface area contributed by atoms with Crippen molar-refractivity contribution in [1.82, 2.24) is 0 Å². The molecular weight excluding hydrogens is 203 g/mol. The molecule has 0 spiro atoms. The third-order valence-corrected chi connectivity index (χ3v) is 1.89. The molecule has 0 fully saturated rings. The lowest BCUT2D eigenvalue weighted by molar-refractivity contribution is -0.137. The van der Waals surface area contributed by atoms with Crippen molar-refractivity contribution in [2.75, 3.05) is 5.73 Å². The van der Waals surface area contributed by atoms with Gasteiger partial charge in [0.15, 0.2) is 0 Å². The summed E-state index contributed by atoms with van der Waals surface area (Å²) in [5.41, 5.74) is 4.77. The molecule has 0 aliphatic carbocycles. The molecule has 0 unspecified atom stereocenters. The molecule has 1 aromatic carbocycles. The molecule has 2 N–H and O–H groups in total. The Morgan fingerprint density at radius 3 is 2.23 bits per heavy atom. The molecule has 0 bridgehead atoms. The number of hydrogen-bond acceptors (Lipinski definition) is 1. The van der Waals surface area contributed by atoms with Crippen molar-refractivity contribution in [2.24, 2.45) is 0 Å². The van der Waals surface area contributed by atoms with Gasteiger partial charge in [-0.25, -0.2) is 0 Å². The molecule has 13 heavy (non-hydrogen) atoms. The van der Waals surface area contributed by atoms with Crippen LogP contribution < -0.4 is 5.73 Å². The Labute approximate surface area is 78.3 Å². The van der Waals surface area contributed by atoms with E-state index in [0.717, 1.165) is 6.07 Å². The fourth-order valence-corrected chi connectivity index (χ4v) is 1.51. The van der Waals surface area contributed by atoms with Gasteiger partial charge in [-0.15, -0.1) is 0 Å². The molecule has 0 amide bonds. The summed E-state index contributed by atoms with van der Waals surface area (Å²) in [4.78, 5) is 0. The summed E-state index contributed by atoms with van der Waals surface area (Å²) in [6, 6.07) is 2.34. The van der Waals surface area contributed by atoms with E-state index in [1.165, 1.54) is 13.0 Å². The van der Waals surface area contributed by atoms with Gasteiger partial charge in [-0.05, 0) is 24.6 Å². The van der Waals surface area contributed by atoms with Crippen molar-refractivity contribution in [3.8, 4) is 0 Å². The average molecular weight is 210 g/mol. The van der Waals surface area contributed by atoms with E-state index in [-0.39, 0.29) is 16.3 Å². The Bertz CT molecular complexity index is 310. The van der Waals surface area contributed by atoms with Crippen molar-refractivity contribution in [3.63, 3.8) is 0 Å². The zero-order valence-corrected chi connectivity index (χ0v) is 7.50. The molecule has 0 radical (unpaired) electrons. The van der Waals surface area contributed by atoms with E-state index in [1.807, 2.05) is 0 Å². The standard InChI is InChI=1S/C8H7ClF3N/c1-4-2-5(13)3-6(9)7(4)8(10,11)12/h2-3H,13H2,1H3. The molecule has 0 atom stereocenters. The summed E-state index contributed by atoms with van der Waals surface area (Å²) >= 11 is 5.42. The minimum absolute atomic E-state index is 0.0394. The van der Waals surface area contributed by atoms with Crippen LogP contribution in [0.4, 0.5) is 18.9 Å². The fourth-order valence-electron chi connectivity index (χ4n) is 1.13. The minimum atomic E-state index is -4.42. The van der Waals surface area contributed by atoms with Gasteiger partial charge in [0, 0.05) is 5.69 Å². The minimum Gasteiger partial charge on any atom is -0.399 e. The highest BCUT2D eigenvalue weighted by atomic mass is 35.5. The molecule has 0 aliphatic heterocycles. The lowest BCUT2D eigenvalue weighted by Crippen LogP contribution is -2.08. The van der Waals surface area contributed by atoms with E-state index >= 15 is 0 Å². The Hall–Kier alpha value is -0.900. The third-order valence-electron chi connectivity index (χ3n) is 1.59. The SMILES string of the molecule is Cc1cc(N)cc(Cl)c1C(F)(F)F. The monoisotopic (exact) mass is 209 g/mol. The first-order chi connectivity index (χ1) is 5.82. The van der Waals surface area contributed by atoms with Gasteiger partial charge in [0.25, 0.3) is 0 Å². The molecule has 1 aromatic rings. The van der Waals surface area contributed by atoms with Crippen LogP contribution in [0.25, 0.3) is 0 Å². The van der Waals surface area contributed by atoms with E-state index in [2.05, 4.69) is 0 Å². The quantitative estimate of drug-likeness (QED) is 0.652. The van der Waals surface area contributed by atoms with Gasteiger partial charge in [-0.3, -0.25) is 0 Å². The average Bonchev–Trinajstić information content (AvgIpc) is 1.78. The van der Waals surface area contributed by atoms with E-state index in [4.69, 9.17) is 17.3 Å². The Morgan fingerprint density at radius 1 is 1.31 bits per heavy atom. The lowest BCUT2D eigenvalue weighted by atomic mass is 10.1. The van der Waals surface area contributed by atoms with Crippen LogP contribution in [0.5, 0.6) is 0 Å². The summed E-state index contributed by atoms with van der Waals surface area (Å²) in [7, 11) is 0. The second kappa shape index (κ2) is 3.10. The molecule has 0 saturated carbocycles. The number of alkyl halides is 3. The predicted octanol–water partition coefficient (Wildman–Crippen LogP) is 3.25. The number of benzene rings is 1. The van der Waals surface area contributed by atoms with Crippen LogP contribution in [-0.4, -0.2) is 0 Å². The second-order valence-corrected chi connectivity index (χ2v) is 3.10. The van der Waals surface area contributed by atoms with Gasteiger partial charge in [0.05, 0.1) is 10.6 Å². The van der Waals surface area contributed by atoms with Crippen LogP contribution in [0.2, 0.25) is 5.02 Å². The van der Waals surface area contributed by atoms with Crippen molar-refractivity contribution in [3.05, 3.63) is 28.3 Å². The molecule has 72 valence electrons. The zero-order chi connectivity index (χ0) is 10.2. The topological polar surface area (TPSA) is 26.0 Å². The summed E-state index contributed by atoms with van der Waals surface area (Å²) in [6.07, 6.45) is -4.42. The smallest absolute Gasteiger partial charge is 0.399 e. The van der Waals surface area contributed by atoms with E-state index in [0.29, 0.717) is 0 Å². The van der Waals surface area contributed by atoms with Gasteiger partial charge in [0.1, 0.15) is 0 Å². The maximum absolute atomic E-state index is 12.3. The molecule has 0 saturated heterocycles. The van der Waals surface area contributed by atoms with Crippen LogP contribution in [0.3, 0.4) is 0 Å². The van der Waals surface area contributed by atoms with Gasteiger partial charge >= 0.3 is 6.18 Å². The van der Waals surface area contributed by atoms with Crippen molar-refractivity contribution < 1.29 is 13.2 Å². The van der Waals surface area contributed by atoms with Crippen LogP contribution >= 0.6 is 11.6 Å². The number of hydrogen-bond donors (Lipinski definition) is 1. The molecule has 1 rings (SSSR count). The molecular formula is C8H7ClF3N. The lowest BCUT2D eigenvalue weighted by Gasteiger charge is -2.12. The second-order valence-electron chi connectivity index (χ2n) is 2.69. The van der Waals surface area contributed by atoms with E-state index < -0.39 is 11.7 Å². The van der Waals surface area contributed by atoms with Crippen molar-refractivity contribution >= 4 is 17.3 Å². The number of anilines is 1. The van der Waals surface area contributed by atoms with Crippen LogP contribution in [0.15, 0.2) is 12.1 Å². The third kappa shape index (κ3) is 2.06. The summed E-state index contributed by atoms with van der Waals surface area (Å²) in [6.45, 7) is 1.32. The van der Waals surface area contributed by atoms with Crippen molar-refractivity contribution in [1.29, 1.82) is 0 Å². The zero-order valence-electron chi connectivity index (χ0n) is 6.74. The normalized spacial score (nSPS) is 11.8. The maximum atomic E-state index is 12.3. The Balaban J connectivity index is 3.38. The van der Waals surface area contributed by atoms with Crippen LogP contribution in [-0.2, 0) is 6.18 Å². The first kappa shape index (κ1) is 10.2. The molecule has 5 heteroatoms. The maximum Gasteiger partial charge on any atom is 0.418 e. The molecule has 1 nitrogen and oxygen atoms in total. The summed E-state index contributed by atoms with van der Waals surface area (Å²) < 4.78 is 36.9. The highest BCUT2D eigenvalue weighted by Crippen LogP contribution is 2.37. The molecule has 0 aromatic heterocycles. The number of rotatable bonds is 0. The highest BCUT2D eigenvalue weighted by molar-refractivity contribution is 6.31. The van der Waals surface area contributed by atoms with Gasteiger partial charge in [-0.2, -0.15) is 13.2 Å². The van der Waals surface area contributed by atoms with Crippen molar-refractivity contribution in [2.45, 2.75) is 13.1 Å². The van der Waals surface area contributed by atoms with Gasteiger partial charge in [0.2, 0.25) is 0 Å². The molecule has 0 heterocycles. The first-order valence-corrected chi connectivity index (χ1v) is 3.83. The van der Waals surface area contributed by atoms with Gasteiger partial charge in [-0.1, -0.05) is 11.6 Å². The number of halogens is 4. The first-order valence-electron chi connectivity index (χ1n) is 3.45. The predicted molar refractivity (Wildman–Crippen MR) is 45.6 cm³/mol.